The first kappa shape index (κ1) is 12.3. The van der Waals surface area contributed by atoms with Crippen LogP contribution in [0.1, 0.15) is 11.4 Å². The predicted octanol–water partition coefficient (Wildman–Crippen LogP) is 2.64. The first-order valence-corrected chi connectivity index (χ1v) is 7.00. The topological polar surface area (TPSA) is 38.2 Å². The van der Waals surface area contributed by atoms with Gasteiger partial charge in [-0.15, -0.1) is 10.2 Å². The molecule has 0 bridgehead atoms. The van der Waals surface area contributed by atoms with Crippen molar-refractivity contribution >= 4 is 16.5 Å². The lowest BCUT2D eigenvalue weighted by atomic mass is 10.3. The molecule has 1 aromatic heterocycles. The van der Waals surface area contributed by atoms with Crippen molar-refractivity contribution in [3.05, 3.63) is 35.1 Å². The summed E-state index contributed by atoms with van der Waals surface area (Å²) in [7, 11) is 0. The summed E-state index contributed by atoms with van der Waals surface area (Å²) >= 11 is 1.57. The van der Waals surface area contributed by atoms with E-state index in [1.807, 2.05) is 6.92 Å². The van der Waals surface area contributed by atoms with Gasteiger partial charge in [0.1, 0.15) is 11.1 Å². The van der Waals surface area contributed by atoms with E-state index in [-0.39, 0.29) is 11.9 Å². The third kappa shape index (κ3) is 2.68. The van der Waals surface area contributed by atoms with Crippen LogP contribution in [0.25, 0.3) is 0 Å². The van der Waals surface area contributed by atoms with Crippen molar-refractivity contribution in [3.63, 3.8) is 0 Å². The SMILES string of the molecule is Cc1nnc(N2CCC(Oc3ccccc3F)C2)s1. The standard InChI is InChI=1S/C13H14FN3OS/c1-9-15-16-13(19-9)17-7-6-10(8-17)18-12-5-3-2-4-11(12)14/h2-5,10H,6-8H2,1H3. The number of hydrogen-bond acceptors (Lipinski definition) is 5. The van der Waals surface area contributed by atoms with Gasteiger partial charge in [-0.05, 0) is 19.1 Å². The number of benzene rings is 1. The van der Waals surface area contributed by atoms with E-state index >= 15 is 0 Å². The minimum atomic E-state index is -0.312. The van der Waals surface area contributed by atoms with Crippen LogP contribution in [0.2, 0.25) is 0 Å². The van der Waals surface area contributed by atoms with Crippen LogP contribution in [0.5, 0.6) is 5.75 Å². The number of anilines is 1. The highest BCUT2D eigenvalue weighted by atomic mass is 32.1. The lowest BCUT2D eigenvalue weighted by molar-refractivity contribution is 0.215. The van der Waals surface area contributed by atoms with Crippen LogP contribution in [0.4, 0.5) is 9.52 Å². The molecule has 19 heavy (non-hydrogen) atoms. The lowest BCUT2D eigenvalue weighted by Gasteiger charge is -2.15. The van der Waals surface area contributed by atoms with E-state index in [4.69, 9.17) is 4.74 Å². The van der Waals surface area contributed by atoms with Crippen LogP contribution in [-0.2, 0) is 0 Å². The number of hydrogen-bond donors (Lipinski definition) is 0. The Labute approximate surface area is 114 Å². The van der Waals surface area contributed by atoms with E-state index in [0.717, 1.165) is 29.6 Å². The monoisotopic (exact) mass is 279 g/mol. The fourth-order valence-electron chi connectivity index (χ4n) is 2.13. The van der Waals surface area contributed by atoms with Crippen LogP contribution < -0.4 is 9.64 Å². The minimum Gasteiger partial charge on any atom is -0.485 e. The average molecular weight is 279 g/mol. The molecule has 4 nitrogen and oxygen atoms in total. The lowest BCUT2D eigenvalue weighted by Crippen LogP contribution is -2.24. The number of nitrogens with zero attached hydrogens (tertiary/aromatic N) is 3. The highest BCUT2D eigenvalue weighted by molar-refractivity contribution is 7.15. The number of ether oxygens (including phenoxy) is 1. The van der Waals surface area contributed by atoms with Crippen molar-refractivity contribution in [1.82, 2.24) is 10.2 Å². The summed E-state index contributed by atoms with van der Waals surface area (Å²) in [5.41, 5.74) is 0. The van der Waals surface area contributed by atoms with Gasteiger partial charge < -0.3 is 9.64 Å². The Morgan fingerprint density at radius 2 is 2.21 bits per heavy atom. The van der Waals surface area contributed by atoms with Crippen molar-refractivity contribution in [2.24, 2.45) is 0 Å². The molecule has 1 aliphatic rings. The maximum absolute atomic E-state index is 13.5. The van der Waals surface area contributed by atoms with E-state index in [1.165, 1.54) is 6.07 Å². The largest absolute Gasteiger partial charge is 0.485 e. The van der Waals surface area contributed by atoms with Gasteiger partial charge >= 0.3 is 0 Å². The van der Waals surface area contributed by atoms with E-state index < -0.39 is 0 Å². The van der Waals surface area contributed by atoms with Crippen molar-refractivity contribution in [2.75, 3.05) is 18.0 Å². The molecule has 1 fully saturated rings. The van der Waals surface area contributed by atoms with Crippen LogP contribution in [0, 0.1) is 12.7 Å². The van der Waals surface area contributed by atoms with E-state index in [0.29, 0.717) is 5.75 Å². The predicted molar refractivity (Wildman–Crippen MR) is 72.3 cm³/mol. The maximum Gasteiger partial charge on any atom is 0.208 e. The first-order chi connectivity index (χ1) is 9.22. The summed E-state index contributed by atoms with van der Waals surface area (Å²) in [6, 6.07) is 6.51. The molecular formula is C13H14FN3OS. The zero-order valence-corrected chi connectivity index (χ0v) is 11.4. The second kappa shape index (κ2) is 5.13. The molecule has 3 rings (SSSR count). The van der Waals surface area contributed by atoms with Crippen molar-refractivity contribution < 1.29 is 9.13 Å². The smallest absolute Gasteiger partial charge is 0.208 e. The molecule has 1 aliphatic heterocycles. The fourth-order valence-corrected chi connectivity index (χ4v) is 2.85. The Morgan fingerprint density at radius 3 is 2.95 bits per heavy atom. The maximum atomic E-state index is 13.5. The van der Waals surface area contributed by atoms with Crippen LogP contribution >= 0.6 is 11.3 Å². The molecule has 6 heteroatoms. The summed E-state index contributed by atoms with van der Waals surface area (Å²) in [6.07, 6.45) is 0.869. The van der Waals surface area contributed by atoms with Crippen molar-refractivity contribution in [1.29, 1.82) is 0 Å². The third-order valence-electron chi connectivity index (χ3n) is 3.06. The molecule has 0 radical (unpaired) electrons. The first-order valence-electron chi connectivity index (χ1n) is 6.18. The van der Waals surface area contributed by atoms with Gasteiger partial charge in [0.2, 0.25) is 5.13 Å². The van der Waals surface area contributed by atoms with E-state index in [1.54, 1.807) is 29.5 Å². The normalized spacial score (nSPS) is 18.8. The summed E-state index contributed by atoms with van der Waals surface area (Å²) in [4.78, 5) is 2.14. The summed E-state index contributed by atoms with van der Waals surface area (Å²) in [6.45, 7) is 3.53. The molecule has 0 N–H and O–H groups in total. The van der Waals surface area contributed by atoms with Gasteiger partial charge in [0.15, 0.2) is 11.6 Å². The second-order valence-electron chi connectivity index (χ2n) is 4.51. The van der Waals surface area contributed by atoms with E-state index in [2.05, 4.69) is 15.1 Å². The number of para-hydroxylation sites is 1. The van der Waals surface area contributed by atoms with Gasteiger partial charge in [-0.3, -0.25) is 0 Å². The molecule has 0 amide bonds. The number of rotatable bonds is 3. The Balaban J connectivity index is 1.65. The molecule has 0 spiro atoms. The molecule has 1 aromatic carbocycles. The summed E-state index contributed by atoms with van der Waals surface area (Å²) in [5, 5.41) is 10.00. The quantitative estimate of drug-likeness (QED) is 0.865. The number of halogens is 1. The van der Waals surface area contributed by atoms with Crippen LogP contribution in [0.3, 0.4) is 0 Å². The highest BCUT2D eigenvalue weighted by Gasteiger charge is 2.26. The fraction of sp³-hybridized carbons (Fsp3) is 0.385. The van der Waals surface area contributed by atoms with Crippen LogP contribution in [0.15, 0.2) is 24.3 Å². The molecule has 1 atom stereocenters. The molecule has 1 saturated heterocycles. The van der Waals surface area contributed by atoms with Gasteiger partial charge in [0.25, 0.3) is 0 Å². The molecule has 2 heterocycles. The van der Waals surface area contributed by atoms with E-state index in [9.17, 15) is 4.39 Å². The summed E-state index contributed by atoms with van der Waals surface area (Å²) in [5.74, 6) is 0.00973. The number of aromatic nitrogens is 2. The summed E-state index contributed by atoms with van der Waals surface area (Å²) < 4.78 is 19.2. The van der Waals surface area contributed by atoms with Crippen molar-refractivity contribution in [2.45, 2.75) is 19.4 Å². The molecule has 2 aromatic rings. The molecular weight excluding hydrogens is 265 g/mol. The second-order valence-corrected chi connectivity index (χ2v) is 5.67. The molecule has 1 unspecified atom stereocenters. The molecule has 0 saturated carbocycles. The van der Waals surface area contributed by atoms with Gasteiger partial charge in [0, 0.05) is 13.0 Å². The van der Waals surface area contributed by atoms with Crippen molar-refractivity contribution in [3.8, 4) is 5.75 Å². The molecule has 100 valence electrons. The van der Waals surface area contributed by atoms with Crippen LogP contribution in [-0.4, -0.2) is 29.4 Å². The van der Waals surface area contributed by atoms with Gasteiger partial charge in [0.05, 0.1) is 6.54 Å². The zero-order valence-electron chi connectivity index (χ0n) is 10.5. The Bertz CT molecular complexity index is 575. The third-order valence-corrected chi connectivity index (χ3v) is 3.96. The van der Waals surface area contributed by atoms with Gasteiger partial charge in [-0.1, -0.05) is 23.5 Å². The Kier molecular flexibility index (Phi) is 3.33. The minimum absolute atomic E-state index is 0.00102. The zero-order chi connectivity index (χ0) is 13.2. The highest BCUT2D eigenvalue weighted by Crippen LogP contribution is 2.26. The van der Waals surface area contributed by atoms with Gasteiger partial charge in [-0.2, -0.15) is 0 Å². The Hall–Kier alpha value is -1.69. The average Bonchev–Trinajstić information content (AvgIpc) is 3.01. The molecule has 0 aliphatic carbocycles. The van der Waals surface area contributed by atoms with Gasteiger partial charge in [-0.25, -0.2) is 4.39 Å². The number of aryl methyl sites for hydroxylation is 1. The Morgan fingerprint density at radius 1 is 1.37 bits per heavy atom.